The van der Waals surface area contributed by atoms with E-state index in [2.05, 4.69) is 13.8 Å². The Hall–Kier alpha value is 1.10. The first-order valence-electron chi connectivity index (χ1n) is 9.14. The average Bonchev–Trinajstić information content (AvgIpc) is 2.44. The second-order valence-corrected chi connectivity index (χ2v) is 7.48. The van der Waals surface area contributed by atoms with Crippen LogP contribution in [0.25, 0.3) is 0 Å². The standard InChI is InChI=1S/C18H37.BrH.Zn/c1-4-6-8-10-11-13-15-17-18(3)16-14-12-9-7-5-2;;/h18H,3-17H2,1-2H3;1H;/q;;+1/p-1. The molecule has 0 rings (SSSR count). The first kappa shape index (κ1) is 23.4. The van der Waals surface area contributed by atoms with E-state index in [1.54, 1.807) is 0 Å². The molecule has 0 aliphatic carbocycles. The van der Waals surface area contributed by atoms with E-state index in [4.69, 9.17) is 0 Å². The predicted octanol–water partition coefficient (Wildman–Crippen LogP) is 4.07. The van der Waals surface area contributed by atoms with Crippen molar-refractivity contribution in [1.29, 1.82) is 0 Å². The molecule has 1 unspecified atom stereocenters. The van der Waals surface area contributed by atoms with Crippen LogP contribution in [-0.2, 0) is 18.3 Å². The zero-order valence-corrected chi connectivity index (χ0v) is 18.8. The van der Waals surface area contributed by atoms with Crippen molar-refractivity contribution < 1.29 is 35.3 Å². The van der Waals surface area contributed by atoms with Crippen LogP contribution in [0.1, 0.15) is 104 Å². The maximum atomic E-state index is 2.31. The largest absolute Gasteiger partial charge is 1.00 e. The van der Waals surface area contributed by atoms with Gasteiger partial charge in [0.15, 0.2) is 0 Å². The van der Waals surface area contributed by atoms with Crippen LogP contribution in [0, 0.1) is 5.92 Å². The summed E-state index contributed by atoms with van der Waals surface area (Å²) in [6.45, 7) is 4.61. The van der Waals surface area contributed by atoms with Crippen molar-refractivity contribution in [3.8, 4) is 0 Å². The van der Waals surface area contributed by atoms with Gasteiger partial charge in [-0.25, -0.2) is 0 Å². The maximum Gasteiger partial charge on any atom is -1.00 e. The van der Waals surface area contributed by atoms with Crippen molar-refractivity contribution in [2.45, 2.75) is 109 Å². The van der Waals surface area contributed by atoms with Gasteiger partial charge in [-0.2, -0.15) is 0 Å². The fourth-order valence-electron chi connectivity index (χ4n) is 2.86. The van der Waals surface area contributed by atoms with Crippen LogP contribution >= 0.6 is 0 Å². The molecule has 0 N–H and O–H groups in total. The van der Waals surface area contributed by atoms with Crippen molar-refractivity contribution in [1.82, 2.24) is 0 Å². The Bertz CT molecular complexity index is 161. The van der Waals surface area contributed by atoms with E-state index >= 15 is 0 Å². The Kier molecular flexibility index (Phi) is 23.5. The summed E-state index contributed by atoms with van der Waals surface area (Å²) in [5.41, 5.74) is 0. The minimum Gasteiger partial charge on any atom is -1.00 e. The molecule has 2 heteroatoms. The molecular weight excluding hydrogens is 361 g/mol. The van der Waals surface area contributed by atoms with E-state index in [0.717, 1.165) is 5.92 Å². The zero-order valence-electron chi connectivity index (χ0n) is 14.3. The molecule has 0 spiro atoms. The SMILES string of the molecule is CCCCCCCCCC([CH2][Zn+])CCCCCCC.[Br-]. The van der Waals surface area contributed by atoms with Crippen molar-refractivity contribution in [3.63, 3.8) is 0 Å². The fraction of sp³-hybridized carbons (Fsp3) is 1.00. The number of halogens is 1. The van der Waals surface area contributed by atoms with Gasteiger partial charge in [0, 0.05) is 0 Å². The van der Waals surface area contributed by atoms with E-state index in [9.17, 15) is 0 Å². The third kappa shape index (κ3) is 17.2. The van der Waals surface area contributed by atoms with Crippen LogP contribution in [0.5, 0.6) is 0 Å². The Morgan fingerprint density at radius 3 is 1.30 bits per heavy atom. The molecule has 0 bridgehead atoms. The third-order valence-corrected chi connectivity index (χ3v) is 6.05. The zero-order chi connectivity index (χ0) is 14.2. The van der Waals surface area contributed by atoms with Gasteiger partial charge in [0.2, 0.25) is 0 Å². The summed E-state index contributed by atoms with van der Waals surface area (Å²) in [7, 11) is 0. The molecule has 0 aromatic heterocycles. The second-order valence-electron chi connectivity index (χ2n) is 6.27. The molecule has 0 fully saturated rings. The molecule has 0 radical (unpaired) electrons. The Morgan fingerprint density at radius 2 is 0.950 bits per heavy atom. The van der Waals surface area contributed by atoms with Crippen LogP contribution in [-0.4, -0.2) is 0 Å². The molecule has 0 saturated carbocycles. The van der Waals surface area contributed by atoms with Gasteiger partial charge < -0.3 is 17.0 Å². The van der Waals surface area contributed by atoms with Crippen LogP contribution in [0.3, 0.4) is 0 Å². The molecule has 0 aromatic carbocycles. The third-order valence-electron chi connectivity index (χ3n) is 4.34. The number of unbranched alkanes of at least 4 members (excludes halogenated alkanes) is 10. The van der Waals surface area contributed by atoms with Crippen LogP contribution in [0.15, 0.2) is 0 Å². The molecule has 0 heterocycles. The quantitative estimate of drug-likeness (QED) is 0.288. The Balaban J connectivity index is 0. The van der Waals surface area contributed by atoms with Crippen molar-refractivity contribution in [3.05, 3.63) is 0 Å². The molecule has 0 nitrogen and oxygen atoms in total. The van der Waals surface area contributed by atoms with Gasteiger partial charge in [0.1, 0.15) is 0 Å². The fourth-order valence-corrected chi connectivity index (χ4v) is 4.07. The molecule has 0 aliphatic rings. The van der Waals surface area contributed by atoms with Crippen LogP contribution in [0.4, 0.5) is 0 Å². The summed E-state index contributed by atoms with van der Waals surface area (Å²) in [4.78, 5) is 0. The van der Waals surface area contributed by atoms with Gasteiger partial charge in [0.05, 0.1) is 0 Å². The van der Waals surface area contributed by atoms with E-state index in [0.29, 0.717) is 0 Å². The smallest absolute Gasteiger partial charge is 1.00 e. The van der Waals surface area contributed by atoms with Crippen LogP contribution in [0.2, 0.25) is 5.02 Å². The van der Waals surface area contributed by atoms with Gasteiger partial charge >= 0.3 is 133 Å². The molecule has 0 aliphatic heterocycles. The summed E-state index contributed by atoms with van der Waals surface area (Å²) in [5, 5.41) is 1.53. The molecule has 0 aromatic rings. The van der Waals surface area contributed by atoms with Gasteiger partial charge in [-0.1, -0.05) is 0 Å². The monoisotopic (exact) mass is 396 g/mol. The minimum absolute atomic E-state index is 0. The number of rotatable bonds is 15. The summed E-state index contributed by atoms with van der Waals surface area (Å²) >= 11 is 1.51. The van der Waals surface area contributed by atoms with Crippen molar-refractivity contribution >= 4 is 0 Å². The summed E-state index contributed by atoms with van der Waals surface area (Å²) < 4.78 is 0. The predicted molar refractivity (Wildman–Crippen MR) is 84.3 cm³/mol. The van der Waals surface area contributed by atoms with E-state index < -0.39 is 0 Å². The molecule has 118 valence electrons. The van der Waals surface area contributed by atoms with Crippen molar-refractivity contribution in [2.75, 3.05) is 0 Å². The molecule has 1 atom stereocenters. The summed E-state index contributed by atoms with van der Waals surface area (Å²) in [6.07, 6.45) is 20.6. The minimum atomic E-state index is 0. The summed E-state index contributed by atoms with van der Waals surface area (Å²) in [5.74, 6) is 1.08. The number of hydrogen-bond donors (Lipinski definition) is 0. The molecular formula is C18H37BrZn. The van der Waals surface area contributed by atoms with E-state index in [-0.39, 0.29) is 17.0 Å². The Labute approximate surface area is 149 Å². The normalized spacial score (nSPS) is 12.2. The van der Waals surface area contributed by atoms with E-state index in [1.165, 1.54) is 113 Å². The van der Waals surface area contributed by atoms with Crippen molar-refractivity contribution in [2.24, 2.45) is 5.92 Å². The summed E-state index contributed by atoms with van der Waals surface area (Å²) in [6, 6.07) is 0. The van der Waals surface area contributed by atoms with Gasteiger partial charge in [0.25, 0.3) is 0 Å². The van der Waals surface area contributed by atoms with Gasteiger partial charge in [-0.15, -0.1) is 0 Å². The second kappa shape index (κ2) is 20.1. The molecule has 20 heavy (non-hydrogen) atoms. The van der Waals surface area contributed by atoms with E-state index in [1.807, 2.05) is 0 Å². The topological polar surface area (TPSA) is 0 Å². The van der Waals surface area contributed by atoms with Gasteiger partial charge in [-0.05, 0) is 0 Å². The van der Waals surface area contributed by atoms with Gasteiger partial charge in [-0.3, -0.25) is 0 Å². The first-order chi connectivity index (χ1) is 9.35. The van der Waals surface area contributed by atoms with Crippen LogP contribution < -0.4 is 17.0 Å². The molecule has 0 amide bonds. The number of hydrogen-bond acceptors (Lipinski definition) is 0. The molecule has 0 saturated heterocycles. The maximum absolute atomic E-state index is 2.31. The Morgan fingerprint density at radius 1 is 0.600 bits per heavy atom. The average molecular weight is 399 g/mol. The first-order valence-corrected chi connectivity index (χ1v) is 11.2.